The van der Waals surface area contributed by atoms with E-state index >= 15 is 0 Å². The van der Waals surface area contributed by atoms with E-state index in [1.807, 2.05) is 18.7 Å². The first kappa shape index (κ1) is 12.8. The third kappa shape index (κ3) is 3.70. The number of rotatable bonds is 7. The zero-order valence-electron chi connectivity index (χ0n) is 11.0. The normalized spacial score (nSPS) is 10.7. The lowest BCUT2D eigenvalue weighted by Gasteiger charge is -2.10. The molecule has 0 atom stereocenters. The van der Waals surface area contributed by atoms with Crippen molar-refractivity contribution in [1.29, 1.82) is 0 Å². The molecular formula is C15H21N3. The SMILES string of the molecule is CCCNCCc1ccccc1Cn1ccnc1. The molecule has 2 aromatic rings. The van der Waals surface area contributed by atoms with Crippen molar-refractivity contribution in [3.05, 3.63) is 54.1 Å². The van der Waals surface area contributed by atoms with Crippen LogP contribution in [0.3, 0.4) is 0 Å². The van der Waals surface area contributed by atoms with Crippen LogP contribution in [0.25, 0.3) is 0 Å². The second kappa shape index (κ2) is 6.97. The molecule has 0 fully saturated rings. The standard InChI is InChI=1S/C15H21N3/c1-2-8-16-9-7-14-5-3-4-6-15(14)12-18-11-10-17-13-18/h3-6,10-11,13,16H,2,7-9,12H2,1H3. The van der Waals surface area contributed by atoms with Gasteiger partial charge in [-0.15, -0.1) is 0 Å². The monoisotopic (exact) mass is 243 g/mol. The van der Waals surface area contributed by atoms with Gasteiger partial charge in [0, 0.05) is 18.9 Å². The number of nitrogens with one attached hydrogen (secondary N) is 1. The van der Waals surface area contributed by atoms with Crippen LogP contribution in [-0.4, -0.2) is 22.6 Å². The first-order valence-corrected chi connectivity index (χ1v) is 6.63. The van der Waals surface area contributed by atoms with Crippen LogP contribution in [0.2, 0.25) is 0 Å². The van der Waals surface area contributed by atoms with Gasteiger partial charge in [-0.3, -0.25) is 0 Å². The molecule has 0 amide bonds. The molecule has 0 unspecified atom stereocenters. The molecule has 0 saturated heterocycles. The van der Waals surface area contributed by atoms with Crippen LogP contribution in [0.4, 0.5) is 0 Å². The average molecular weight is 243 g/mol. The van der Waals surface area contributed by atoms with Gasteiger partial charge < -0.3 is 9.88 Å². The Morgan fingerprint density at radius 1 is 1.17 bits per heavy atom. The van der Waals surface area contributed by atoms with Gasteiger partial charge in [0.15, 0.2) is 0 Å². The van der Waals surface area contributed by atoms with Crippen LogP contribution in [0.15, 0.2) is 43.0 Å². The topological polar surface area (TPSA) is 29.9 Å². The maximum absolute atomic E-state index is 4.09. The van der Waals surface area contributed by atoms with Crippen molar-refractivity contribution in [1.82, 2.24) is 14.9 Å². The van der Waals surface area contributed by atoms with Gasteiger partial charge in [0.05, 0.1) is 6.33 Å². The van der Waals surface area contributed by atoms with Crippen molar-refractivity contribution in [2.75, 3.05) is 13.1 Å². The minimum absolute atomic E-state index is 0.907. The van der Waals surface area contributed by atoms with Gasteiger partial charge in [0.25, 0.3) is 0 Å². The van der Waals surface area contributed by atoms with Crippen LogP contribution in [-0.2, 0) is 13.0 Å². The molecule has 3 nitrogen and oxygen atoms in total. The molecule has 0 saturated carbocycles. The molecule has 1 aromatic heterocycles. The fraction of sp³-hybridized carbons (Fsp3) is 0.400. The van der Waals surface area contributed by atoms with E-state index in [1.165, 1.54) is 17.5 Å². The summed E-state index contributed by atoms with van der Waals surface area (Å²) in [6, 6.07) is 8.65. The van der Waals surface area contributed by atoms with E-state index in [2.05, 4.69) is 46.1 Å². The minimum Gasteiger partial charge on any atom is -0.333 e. The maximum atomic E-state index is 4.09. The first-order valence-electron chi connectivity index (χ1n) is 6.63. The lowest BCUT2D eigenvalue weighted by Crippen LogP contribution is -2.18. The summed E-state index contributed by atoms with van der Waals surface area (Å²) in [7, 11) is 0. The molecule has 0 aliphatic rings. The van der Waals surface area contributed by atoms with Crippen molar-refractivity contribution in [3.8, 4) is 0 Å². The molecule has 0 bridgehead atoms. The third-order valence-corrected chi connectivity index (χ3v) is 3.03. The van der Waals surface area contributed by atoms with Crippen molar-refractivity contribution >= 4 is 0 Å². The van der Waals surface area contributed by atoms with E-state index in [9.17, 15) is 0 Å². The van der Waals surface area contributed by atoms with Gasteiger partial charge in [-0.1, -0.05) is 31.2 Å². The van der Waals surface area contributed by atoms with E-state index in [1.54, 1.807) is 0 Å². The maximum Gasteiger partial charge on any atom is 0.0949 e. The Balaban J connectivity index is 1.97. The average Bonchev–Trinajstić information content (AvgIpc) is 2.89. The summed E-state index contributed by atoms with van der Waals surface area (Å²) in [5.74, 6) is 0. The summed E-state index contributed by atoms with van der Waals surface area (Å²) in [6.07, 6.45) is 7.98. The first-order chi connectivity index (χ1) is 8.90. The Labute approximate surface area is 109 Å². The van der Waals surface area contributed by atoms with Crippen LogP contribution < -0.4 is 5.32 Å². The molecular weight excluding hydrogens is 222 g/mol. The molecule has 0 spiro atoms. The number of nitrogens with zero attached hydrogens (tertiary/aromatic N) is 2. The number of hydrogen-bond donors (Lipinski definition) is 1. The molecule has 1 heterocycles. The Morgan fingerprint density at radius 2 is 2.00 bits per heavy atom. The molecule has 96 valence electrons. The Kier molecular flexibility index (Phi) is 4.97. The molecule has 18 heavy (non-hydrogen) atoms. The van der Waals surface area contributed by atoms with Crippen LogP contribution in [0, 0.1) is 0 Å². The predicted molar refractivity (Wildman–Crippen MR) is 74.6 cm³/mol. The largest absolute Gasteiger partial charge is 0.333 e. The second-order valence-corrected chi connectivity index (χ2v) is 4.50. The van der Waals surface area contributed by atoms with Crippen LogP contribution in [0.1, 0.15) is 24.5 Å². The highest BCUT2D eigenvalue weighted by Crippen LogP contribution is 2.11. The van der Waals surface area contributed by atoms with Gasteiger partial charge in [-0.25, -0.2) is 4.98 Å². The van der Waals surface area contributed by atoms with E-state index < -0.39 is 0 Å². The Bertz CT molecular complexity index is 449. The van der Waals surface area contributed by atoms with Crippen molar-refractivity contribution in [2.45, 2.75) is 26.3 Å². The highest BCUT2D eigenvalue weighted by atomic mass is 15.0. The van der Waals surface area contributed by atoms with Crippen molar-refractivity contribution in [2.24, 2.45) is 0 Å². The minimum atomic E-state index is 0.907. The molecule has 0 radical (unpaired) electrons. The fourth-order valence-corrected chi connectivity index (χ4v) is 2.06. The zero-order valence-corrected chi connectivity index (χ0v) is 11.0. The summed E-state index contributed by atoms with van der Waals surface area (Å²) < 4.78 is 2.11. The predicted octanol–water partition coefficient (Wildman–Crippen LogP) is 2.47. The number of hydrogen-bond acceptors (Lipinski definition) is 2. The van der Waals surface area contributed by atoms with Gasteiger partial charge in [0.2, 0.25) is 0 Å². The molecule has 2 rings (SSSR count). The van der Waals surface area contributed by atoms with Gasteiger partial charge in [-0.2, -0.15) is 0 Å². The van der Waals surface area contributed by atoms with Crippen LogP contribution >= 0.6 is 0 Å². The van der Waals surface area contributed by atoms with E-state index in [0.29, 0.717) is 0 Å². The van der Waals surface area contributed by atoms with Gasteiger partial charge in [-0.05, 0) is 37.1 Å². The Hall–Kier alpha value is -1.61. The van der Waals surface area contributed by atoms with E-state index in [0.717, 1.165) is 26.1 Å². The van der Waals surface area contributed by atoms with Gasteiger partial charge >= 0.3 is 0 Å². The molecule has 0 aliphatic heterocycles. The number of aromatic nitrogens is 2. The molecule has 3 heteroatoms. The Morgan fingerprint density at radius 3 is 2.72 bits per heavy atom. The molecule has 1 aromatic carbocycles. The van der Waals surface area contributed by atoms with E-state index in [4.69, 9.17) is 0 Å². The zero-order chi connectivity index (χ0) is 12.6. The number of imidazole rings is 1. The third-order valence-electron chi connectivity index (χ3n) is 3.03. The molecule has 0 aliphatic carbocycles. The fourth-order valence-electron chi connectivity index (χ4n) is 2.06. The molecule has 1 N–H and O–H groups in total. The lowest BCUT2D eigenvalue weighted by atomic mass is 10.0. The second-order valence-electron chi connectivity index (χ2n) is 4.50. The highest BCUT2D eigenvalue weighted by molar-refractivity contribution is 5.27. The summed E-state index contributed by atoms with van der Waals surface area (Å²) in [5.41, 5.74) is 2.81. The summed E-state index contributed by atoms with van der Waals surface area (Å²) in [4.78, 5) is 4.09. The smallest absolute Gasteiger partial charge is 0.0949 e. The van der Waals surface area contributed by atoms with Crippen molar-refractivity contribution < 1.29 is 0 Å². The van der Waals surface area contributed by atoms with Gasteiger partial charge in [0.1, 0.15) is 0 Å². The quantitative estimate of drug-likeness (QED) is 0.757. The van der Waals surface area contributed by atoms with Crippen molar-refractivity contribution in [3.63, 3.8) is 0 Å². The van der Waals surface area contributed by atoms with Crippen LogP contribution in [0.5, 0.6) is 0 Å². The highest BCUT2D eigenvalue weighted by Gasteiger charge is 2.02. The summed E-state index contributed by atoms with van der Waals surface area (Å²) >= 11 is 0. The lowest BCUT2D eigenvalue weighted by molar-refractivity contribution is 0.666. The number of benzene rings is 1. The summed E-state index contributed by atoms with van der Waals surface area (Å²) in [6.45, 7) is 5.25. The van der Waals surface area contributed by atoms with E-state index in [-0.39, 0.29) is 0 Å². The summed E-state index contributed by atoms with van der Waals surface area (Å²) in [5, 5.41) is 3.45.